The molecule has 0 atom stereocenters. The van der Waals surface area contributed by atoms with Crippen LogP contribution in [0.25, 0.3) is 0 Å². The van der Waals surface area contributed by atoms with Gasteiger partial charge in [0.2, 0.25) is 5.91 Å². The number of hydrogen-bond donors (Lipinski definition) is 2. The normalized spacial score (nSPS) is 10.9. The van der Waals surface area contributed by atoms with Gasteiger partial charge in [0.25, 0.3) is 0 Å². The van der Waals surface area contributed by atoms with Crippen molar-refractivity contribution in [1.82, 2.24) is 9.88 Å². The first-order chi connectivity index (χ1) is 9.96. The van der Waals surface area contributed by atoms with Crippen LogP contribution in [-0.2, 0) is 22.6 Å². The van der Waals surface area contributed by atoms with E-state index in [0.29, 0.717) is 23.8 Å². The van der Waals surface area contributed by atoms with E-state index in [1.54, 1.807) is 6.92 Å². The molecule has 0 aromatic carbocycles. The Kier molecular flexibility index (Phi) is 7.31. The summed E-state index contributed by atoms with van der Waals surface area (Å²) >= 11 is 1.36. The number of aromatic nitrogens is 1. The van der Waals surface area contributed by atoms with Crippen molar-refractivity contribution in [2.75, 3.05) is 18.9 Å². The van der Waals surface area contributed by atoms with Crippen molar-refractivity contribution >= 4 is 28.3 Å². The summed E-state index contributed by atoms with van der Waals surface area (Å²) in [4.78, 5) is 29.6. The van der Waals surface area contributed by atoms with Crippen LogP contribution in [0.3, 0.4) is 0 Å². The number of unbranched alkanes of at least 4 members (excludes halogenated alkanes) is 1. The third kappa shape index (κ3) is 6.22. The summed E-state index contributed by atoms with van der Waals surface area (Å²) in [6.07, 6.45) is 2.48. The molecule has 0 spiro atoms. The molecule has 1 aromatic rings. The molecule has 7 heteroatoms. The lowest BCUT2D eigenvalue weighted by atomic mass is 10.2. The zero-order valence-electron chi connectivity index (χ0n) is 12.8. The van der Waals surface area contributed by atoms with E-state index in [2.05, 4.69) is 22.1 Å². The molecule has 0 aliphatic carbocycles. The minimum absolute atomic E-state index is 0.114. The third-order valence-electron chi connectivity index (χ3n) is 2.97. The zero-order valence-corrected chi connectivity index (χ0v) is 13.6. The van der Waals surface area contributed by atoms with Gasteiger partial charge in [0.05, 0.1) is 12.1 Å². The summed E-state index contributed by atoms with van der Waals surface area (Å²) < 4.78 is 0. The van der Waals surface area contributed by atoms with Crippen molar-refractivity contribution in [1.29, 1.82) is 0 Å². The van der Waals surface area contributed by atoms with Crippen molar-refractivity contribution in [3.63, 3.8) is 0 Å². The fraction of sp³-hybridized carbons (Fsp3) is 0.643. The number of carbonyl (C=O) groups excluding carboxylic acids is 1. The largest absolute Gasteiger partial charge is 0.481 e. The number of carbonyl (C=O) groups is 2. The highest BCUT2D eigenvalue weighted by molar-refractivity contribution is 7.15. The van der Waals surface area contributed by atoms with Crippen molar-refractivity contribution in [2.45, 2.75) is 46.1 Å². The Hall–Kier alpha value is -1.47. The van der Waals surface area contributed by atoms with Gasteiger partial charge in [-0.25, -0.2) is 4.98 Å². The van der Waals surface area contributed by atoms with Crippen molar-refractivity contribution in [3.8, 4) is 0 Å². The molecule has 0 unspecified atom stereocenters. The van der Waals surface area contributed by atoms with Gasteiger partial charge in [0, 0.05) is 17.8 Å². The van der Waals surface area contributed by atoms with Crippen LogP contribution in [0.4, 0.5) is 5.13 Å². The lowest BCUT2D eigenvalue weighted by Gasteiger charge is -2.15. The van der Waals surface area contributed by atoms with Gasteiger partial charge in [-0.15, -0.1) is 11.3 Å². The van der Waals surface area contributed by atoms with Gasteiger partial charge in [-0.05, 0) is 20.0 Å². The molecule has 0 radical (unpaired) electrons. The standard InChI is InChI=1S/C14H23N3O3S/c1-4-6-7-17(3)9-11-10(8-13(19)20)15-14(21-11)16-12(18)5-2/h4-9H2,1-3H3,(H,19,20)(H,15,16,18). The van der Waals surface area contributed by atoms with E-state index in [1.807, 2.05) is 7.05 Å². The summed E-state index contributed by atoms with van der Waals surface area (Å²) in [5.41, 5.74) is 0.544. The van der Waals surface area contributed by atoms with Crippen molar-refractivity contribution in [3.05, 3.63) is 10.6 Å². The second-order valence-electron chi connectivity index (χ2n) is 4.95. The Morgan fingerprint density at radius 1 is 1.38 bits per heavy atom. The Morgan fingerprint density at radius 3 is 2.67 bits per heavy atom. The van der Waals surface area contributed by atoms with Crippen LogP contribution in [-0.4, -0.2) is 40.5 Å². The summed E-state index contributed by atoms with van der Waals surface area (Å²) in [5, 5.41) is 12.2. The first kappa shape index (κ1) is 17.6. The van der Waals surface area contributed by atoms with E-state index in [0.717, 1.165) is 24.3 Å². The van der Waals surface area contributed by atoms with E-state index >= 15 is 0 Å². The van der Waals surface area contributed by atoms with Crippen LogP contribution in [0.5, 0.6) is 0 Å². The van der Waals surface area contributed by atoms with Gasteiger partial charge in [-0.3, -0.25) is 9.59 Å². The number of amides is 1. The van der Waals surface area contributed by atoms with Gasteiger partial charge >= 0.3 is 5.97 Å². The Bertz CT molecular complexity index is 488. The van der Waals surface area contributed by atoms with Crippen LogP contribution in [0.1, 0.15) is 43.7 Å². The Morgan fingerprint density at radius 2 is 2.10 bits per heavy atom. The van der Waals surface area contributed by atoms with Gasteiger partial charge < -0.3 is 15.3 Å². The highest BCUT2D eigenvalue weighted by atomic mass is 32.1. The number of thiazole rings is 1. The number of nitrogens with one attached hydrogen (secondary N) is 1. The quantitative estimate of drug-likeness (QED) is 0.731. The molecule has 6 nitrogen and oxygen atoms in total. The predicted molar refractivity (Wildman–Crippen MR) is 83.6 cm³/mol. The molecule has 0 saturated carbocycles. The molecule has 1 heterocycles. The molecule has 1 amide bonds. The van der Waals surface area contributed by atoms with Gasteiger partial charge in [0.15, 0.2) is 5.13 Å². The molecule has 0 aliphatic heterocycles. The average molecular weight is 313 g/mol. The smallest absolute Gasteiger partial charge is 0.309 e. The molecule has 118 valence electrons. The topological polar surface area (TPSA) is 82.5 Å². The van der Waals surface area contributed by atoms with E-state index < -0.39 is 5.97 Å². The molecule has 0 saturated heterocycles. The zero-order chi connectivity index (χ0) is 15.8. The molecule has 21 heavy (non-hydrogen) atoms. The van der Waals surface area contributed by atoms with E-state index in [1.165, 1.54) is 11.3 Å². The Labute approximate surface area is 129 Å². The van der Waals surface area contributed by atoms with Crippen LogP contribution >= 0.6 is 11.3 Å². The van der Waals surface area contributed by atoms with Gasteiger partial charge in [-0.2, -0.15) is 0 Å². The van der Waals surface area contributed by atoms with Crippen molar-refractivity contribution < 1.29 is 14.7 Å². The van der Waals surface area contributed by atoms with Gasteiger partial charge in [-0.1, -0.05) is 20.3 Å². The molecule has 1 rings (SSSR count). The maximum Gasteiger partial charge on any atom is 0.309 e. The first-order valence-electron chi connectivity index (χ1n) is 7.15. The van der Waals surface area contributed by atoms with Gasteiger partial charge in [0.1, 0.15) is 0 Å². The minimum atomic E-state index is -0.911. The average Bonchev–Trinajstić information content (AvgIpc) is 2.77. The number of aliphatic carboxylic acids is 1. The third-order valence-corrected chi connectivity index (χ3v) is 3.97. The van der Waals surface area contributed by atoms with Crippen LogP contribution < -0.4 is 5.32 Å². The van der Waals surface area contributed by atoms with Crippen LogP contribution in [0, 0.1) is 0 Å². The lowest BCUT2D eigenvalue weighted by molar-refractivity contribution is -0.136. The van der Waals surface area contributed by atoms with E-state index in [-0.39, 0.29) is 12.3 Å². The SMILES string of the molecule is CCCCN(C)Cc1sc(NC(=O)CC)nc1CC(=O)O. The van der Waals surface area contributed by atoms with Crippen LogP contribution in [0.15, 0.2) is 0 Å². The second kappa shape index (κ2) is 8.74. The number of rotatable bonds is 9. The number of hydrogen-bond acceptors (Lipinski definition) is 5. The Balaban J connectivity index is 2.82. The first-order valence-corrected chi connectivity index (χ1v) is 7.96. The minimum Gasteiger partial charge on any atom is -0.481 e. The number of anilines is 1. The highest BCUT2D eigenvalue weighted by Gasteiger charge is 2.16. The molecule has 2 N–H and O–H groups in total. The predicted octanol–water partition coefficient (Wildman–Crippen LogP) is 2.35. The maximum atomic E-state index is 11.4. The van der Waals surface area contributed by atoms with Crippen molar-refractivity contribution in [2.24, 2.45) is 0 Å². The summed E-state index contributed by atoms with van der Waals surface area (Å²) in [6, 6.07) is 0. The van der Waals surface area contributed by atoms with Crippen LogP contribution in [0.2, 0.25) is 0 Å². The molecular formula is C14H23N3O3S. The summed E-state index contributed by atoms with van der Waals surface area (Å²) in [6.45, 7) is 5.51. The fourth-order valence-corrected chi connectivity index (χ4v) is 2.88. The monoisotopic (exact) mass is 313 g/mol. The maximum absolute atomic E-state index is 11.4. The second-order valence-corrected chi connectivity index (χ2v) is 6.04. The summed E-state index contributed by atoms with van der Waals surface area (Å²) in [5.74, 6) is -1.03. The fourth-order valence-electron chi connectivity index (χ4n) is 1.80. The van der Waals surface area contributed by atoms with E-state index in [4.69, 9.17) is 5.11 Å². The molecule has 0 aliphatic rings. The number of carboxylic acids is 1. The summed E-state index contributed by atoms with van der Waals surface area (Å²) in [7, 11) is 2.00. The number of carboxylic acid groups (broad SMARTS) is 1. The highest BCUT2D eigenvalue weighted by Crippen LogP contribution is 2.25. The number of nitrogens with zero attached hydrogens (tertiary/aromatic N) is 2. The molecule has 1 aromatic heterocycles. The molecule has 0 fully saturated rings. The van der Waals surface area contributed by atoms with E-state index in [9.17, 15) is 9.59 Å². The molecular weight excluding hydrogens is 290 g/mol. The molecule has 0 bridgehead atoms. The lowest BCUT2D eigenvalue weighted by Crippen LogP contribution is -2.19.